The molecule has 4 bridgehead atoms. The summed E-state index contributed by atoms with van der Waals surface area (Å²) in [7, 11) is 0. The lowest BCUT2D eigenvalue weighted by Crippen LogP contribution is -2.48. The second-order valence-corrected chi connectivity index (χ2v) is 6.41. The zero-order valence-electron chi connectivity index (χ0n) is 10.3. The van der Waals surface area contributed by atoms with Crippen LogP contribution in [0.1, 0.15) is 43.8 Å². The molecule has 4 fully saturated rings. The second kappa shape index (κ2) is 3.50. The van der Waals surface area contributed by atoms with E-state index in [0.717, 1.165) is 11.8 Å². The average Bonchev–Trinajstić information content (AvgIpc) is 2.69. The lowest BCUT2D eigenvalue weighted by molar-refractivity contribution is -0.0348. The first-order valence-electron chi connectivity index (χ1n) is 6.96. The fourth-order valence-corrected chi connectivity index (χ4v) is 5.01. The standard InChI is InChI=1S/C14H17N3O/c15-7-12-6-13(18)17(16-12)14-10-2-8-1-9(4-10)5-11(14)3-8/h6,8-11,14,16H,1-5H2. The van der Waals surface area contributed by atoms with Crippen LogP contribution in [0.3, 0.4) is 0 Å². The molecule has 94 valence electrons. The van der Waals surface area contributed by atoms with E-state index in [0.29, 0.717) is 23.6 Å². The minimum Gasteiger partial charge on any atom is -0.285 e. The van der Waals surface area contributed by atoms with Crippen LogP contribution in [0.4, 0.5) is 0 Å². The summed E-state index contributed by atoms with van der Waals surface area (Å²) in [6.45, 7) is 0. The Morgan fingerprint density at radius 2 is 1.78 bits per heavy atom. The SMILES string of the molecule is N#Cc1cc(=O)n(C2C3CC4CC(C3)CC2C4)[nH]1. The largest absolute Gasteiger partial charge is 0.285 e. The highest BCUT2D eigenvalue weighted by Crippen LogP contribution is 2.57. The van der Waals surface area contributed by atoms with Gasteiger partial charge in [-0.15, -0.1) is 0 Å². The molecule has 4 heteroatoms. The van der Waals surface area contributed by atoms with Gasteiger partial charge in [0.1, 0.15) is 11.8 Å². The van der Waals surface area contributed by atoms with Crippen molar-refractivity contribution >= 4 is 0 Å². The zero-order valence-corrected chi connectivity index (χ0v) is 10.3. The Labute approximate surface area is 106 Å². The van der Waals surface area contributed by atoms with Gasteiger partial charge in [0.05, 0.1) is 6.04 Å². The van der Waals surface area contributed by atoms with Crippen LogP contribution in [0.5, 0.6) is 0 Å². The molecular weight excluding hydrogens is 226 g/mol. The van der Waals surface area contributed by atoms with Crippen molar-refractivity contribution < 1.29 is 0 Å². The van der Waals surface area contributed by atoms with Crippen LogP contribution in [0, 0.1) is 35.0 Å². The third-order valence-electron chi connectivity index (χ3n) is 5.34. The van der Waals surface area contributed by atoms with Gasteiger partial charge in [-0.1, -0.05) is 0 Å². The molecule has 4 aliphatic rings. The van der Waals surface area contributed by atoms with Gasteiger partial charge >= 0.3 is 0 Å². The van der Waals surface area contributed by atoms with Crippen molar-refractivity contribution in [3.63, 3.8) is 0 Å². The van der Waals surface area contributed by atoms with Gasteiger partial charge in [-0.3, -0.25) is 9.89 Å². The number of rotatable bonds is 1. The summed E-state index contributed by atoms with van der Waals surface area (Å²) in [5, 5.41) is 11.9. The summed E-state index contributed by atoms with van der Waals surface area (Å²) in [6, 6.07) is 3.80. The fourth-order valence-electron chi connectivity index (χ4n) is 5.01. The minimum atomic E-state index is -0.0241. The summed E-state index contributed by atoms with van der Waals surface area (Å²) in [6.07, 6.45) is 6.55. The molecule has 1 aromatic rings. The van der Waals surface area contributed by atoms with Crippen molar-refractivity contribution in [3.05, 3.63) is 22.1 Å². The maximum absolute atomic E-state index is 12.0. The lowest BCUT2D eigenvalue weighted by atomic mass is 9.54. The molecule has 0 unspecified atom stereocenters. The number of nitriles is 1. The molecule has 0 saturated heterocycles. The van der Waals surface area contributed by atoms with Gasteiger partial charge in [-0.25, -0.2) is 4.68 Å². The van der Waals surface area contributed by atoms with Crippen LogP contribution in [-0.2, 0) is 0 Å². The fraction of sp³-hybridized carbons (Fsp3) is 0.714. The van der Waals surface area contributed by atoms with Crippen LogP contribution in [0.15, 0.2) is 10.9 Å². The van der Waals surface area contributed by atoms with E-state index in [4.69, 9.17) is 5.26 Å². The lowest BCUT2D eigenvalue weighted by Gasteiger charge is -2.54. The van der Waals surface area contributed by atoms with E-state index in [2.05, 4.69) is 5.10 Å². The molecule has 0 spiro atoms. The number of hydrogen-bond donors (Lipinski definition) is 1. The third-order valence-corrected chi connectivity index (χ3v) is 5.34. The summed E-state index contributed by atoms with van der Waals surface area (Å²) >= 11 is 0. The van der Waals surface area contributed by atoms with E-state index in [1.165, 1.54) is 38.2 Å². The Balaban J connectivity index is 1.74. The van der Waals surface area contributed by atoms with Crippen LogP contribution in [0.2, 0.25) is 0 Å². The smallest absolute Gasteiger partial charge is 0.268 e. The highest BCUT2D eigenvalue weighted by Gasteiger charge is 2.49. The first-order chi connectivity index (χ1) is 8.74. The van der Waals surface area contributed by atoms with E-state index >= 15 is 0 Å². The van der Waals surface area contributed by atoms with E-state index in [1.807, 2.05) is 6.07 Å². The van der Waals surface area contributed by atoms with Crippen molar-refractivity contribution in [2.24, 2.45) is 23.7 Å². The van der Waals surface area contributed by atoms with Gasteiger partial charge in [-0.05, 0) is 55.8 Å². The molecule has 0 aliphatic heterocycles. The molecule has 4 aliphatic carbocycles. The summed E-state index contributed by atoms with van der Waals surface area (Å²) in [5.74, 6) is 3.13. The molecule has 1 heterocycles. The quantitative estimate of drug-likeness (QED) is 0.820. The first-order valence-corrected chi connectivity index (χ1v) is 6.96. The van der Waals surface area contributed by atoms with Crippen molar-refractivity contribution in [3.8, 4) is 6.07 Å². The van der Waals surface area contributed by atoms with Gasteiger partial charge in [-0.2, -0.15) is 5.26 Å². The summed E-state index contributed by atoms with van der Waals surface area (Å²) in [4.78, 5) is 12.0. The molecule has 1 aromatic heterocycles. The number of H-pyrrole nitrogens is 1. The van der Waals surface area contributed by atoms with Gasteiger partial charge < -0.3 is 0 Å². The Bertz CT molecular complexity index is 549. The predicted molar refractivity (Wildman–Crippen MR) is 65.8 cm³/mol. The van der Waals surface area contributed by atoms with Gasteiger partial charge in [0, 0.05) is 6.07 Å². The maximum atomic E-state index is 12.0. The summed E-state index contributed by atoms with van der Waals surface area (Å²) < 4.78 is 1.76. The normalized spacial score (nSPS) is 40.9. The Morgan fingerprint density at radius 1 is 1.17 bits per heavy atom. The zero-order chi connectivity index (χ0) is 12.3. The van der Waals surface area contributed by atoms with Gasteiger partial charge in [0.25, 0.3) is 5.56 Å². The molecule has 1 N–H and O–H groups in total. The molecular formula is C14H17N3O. The number of aromatic amines is 1. The van der Waals surface area contributed by atoms with E-state index < -0.39 is 0 Å². The molecule has 0 radical (unpaired) electrons. The van der Waals surface area contributed by atoms with E-state index in [9.17, 15) is 4.79 Å². The van der Waals surface area contributed by atoms with Crippen molar-refractivity contribution in [1.29, 1.82) is 5.26 Å². The highest BCUT2D eigenvalue weighted by molar-refractivity contribution is 5.17. The molecule has 0 amide bonds. The molecule has 0 atom stereocenters. The van der Waals surface area contributed by atoms with Crippen LogP contribution >= 0.6 is 0 Å². The topological polar surface area (TPSA) is 61.6 Å². The first kappa shape index (κ1) is 10.4. The summed E-state index contributed by atoms with van der Waals surface area (Å²) in [5.41, 5.74) is 0.373. The Kier molecular flexibility index (Phi) is 2.03. The molecule has 0 aromatic carbocycles. The maximum Gasteiger partial charge on any atom is 0.268 e. The average molecular weight is 243 g/mol. The minimum absolute atomic E-state index is 0.0241. The molecule has 4 saturated carbocycles. The number of hydrogen-bond acceptors (Lipinski definition) is 2. The molecule has 5 rings (SSSR count). The van der Waals surface area contributed by atoms with Crippen LogP contribution in [-0.4, -0.2) is 9.78 Å². The monoisotopic (exact) mass is 243 g/mol. The number of nitrogens with zero attached hydrogens (tertiary/aromatic N) is 2. The van der Waals surface area contributed by atoms with Crippen LogP contribution < -0.4 is 5.56 Å². The van der Waals surface area contributed by atoms with Crippen molar-refractivity contribution in [2.45, 2.75) is 38.1 Å². The Hall–Kier alpha value is -1.50. The van der Waals surface area contributed by atoms with Gasteiger partial charge in [0.15, 0.2) is 0 Å². The third kappa shape index (κ3) is 1.33. The predicted octanol–water partition coefficient (Wildman–Crippen LogP) is 2.05. The van der Waals surface area contributed by atoms with E-state index in [-0.39, 0.29) is 5.56 Å². The molecule has 4 nitrogen and oxygen atoms in total. The number of aromatic nitrogens is 2. The molecule has 18 heavy (non-hydrogen) atoms. The van der Waals surface area contributed by atoms with Gasteiger partial charge in [0.2, 0.25) is 0 Å². The van der Waals surface area contributed by atoms with Crippen LogP contribution in [0.25, 0.3) is 0 Å². The van der Waals surface area contributed by atoms with E-state index in [1.54, 1.807) is 4.68 Å². The Morgan fingerprint density at radius 3 is 2.28 bits per heavy atom. The highest BCUT2D eigenvalue weighted by atomic mass is 16.1. The number of nitrogens with one attached hydrogen (secondary N) is 1. The van der Waals surface area contributed by atoms with Crippen molar-refractivity contribution in [1.82, 2.24) is 9.78 Å². The van der Waals surface area contributed by atoms with Crippen molar-refractivity contribution in [2.75, 3.05) is 0 Å². The second-order valence-electron chi connectivity index (χ2n) is 6.41.